The highest BCUT2D eigenvalue weighted by atomic mass is 16.5. The molecule has 0 unspecified atom stereocenters. The summed E-state index contributed by atoms with van der Waals surface area (Å²) in [5.41, 5.74) is 0. The average molecular weight is 215 g/mol. The van der Waals surface area contributed by atoms with Crippen molar-refractivity contribution in [3.63, 3.8) is 0 Å². The minimum atomic E-state index is 0.353. The molecule has 1 aliphatic rings. The monoisotopic (exact) mass is 215 g/mol. The highest BCUT2D eigenvalue weighted by Gasteiger charge is 2.26. The Labute approximate surface area is 93.7 Å². The summed E-state index contributed by atoms with van der Waals surface area (Å²) in [5, 5.41) is 0. The zero-order chi connectivity index (χ0) is 11.3. The lowest BCUT2D eigenvalue weighted by Crippen LogP contribution is -2.50. The van der Waals surface area contributed by atoms with E-state index in [0.717, 1.165) is 25.7 Å². The van der Waals surface area contributed by atoms with Gasteiger partial charge in [0.25, 0.3) is 0 Å². The second-order valence-corrected chi connectivity index (χ2v) is 4.93. The molecular formula is C12H25NO2. The fourth-order valence-electron chi connectivity index (χ4n) is 1.71. The van der Waals surface area contributed by atoms with Gasteiger partial charge in [-0.3, -0.25) is 0 Å². The fourth-order valence-corrected chi connectivity index (χ4v) is 1.71. The first-order valence-electron chi connectivity index (χ1n) is 6.03. The van der Waals surface area contributed by atoms with Gasteiger partial charge in [0, 0.05) is 25.6 Å². The van der Waals surface area contributed by atoms with E-state index in [2.05, 4.69) is 32.6 Å². The first-order valence-corrected chi connectivity index (χ1v) is 6.03. The van der Waals surface area contributed by atoms with E-state index in [9.17, 15) is 0 Å². The van der Waals surface area contributed by atoms with E-state index in [1.165, 1.54) is 13.1 Å². The molecule has 1 fully saturated rings. The Balaban J connectivity index is 1.91. The van der Waals surface area contributed by atoms with E-state index in [4.69, 9.17) is 9.47 Å². The van der Waals surface area contributed by atoms with Crippen molar-refractivity contribution in [2.75, 3.05) is 32.8 Å². The Morgan fingerprint density at radius 2 is 1.67 bits per heavy atom. The minimum Gasteiger partial charge on any atom is -0.378 e. The van der Waals surface area contributed by atoms with Crippen molar-refractivity contribution >= 4 is 0 Å². The summed E-state index contributed by atoms with van der Waals surface area (Å²) >= 11 is 0. The number of ether oxygens (including phenoxy) is 2. The van der Waals surface area contributed by atoms with Gasteiger partial charge < -0.3 is 14.4 Å². The van der Waals surface area contributed by atoms with Gasteiger partial charge in [-0.2, -0.15) is 0 Å². The Kier molecular flexibility index (Phi) is 5.58. The molecule has 0 aromatic heterocycles. The van der Waals surface area contributed by atoms with Crippen LogP contribution >= 0.6 is 0 Å². The van der Waals surface area contributed by atoms with E-state index < -0.39 is 0 Å². The molecule has 90 valence electrons. The quantitative estimate of drug-likeness (QED) is 0.646. The van der Waals surface area contributed by atoms with Gasteiger partial charge in [0.2, 0.25) is 0 Å². The summed E-state index contributed by atoms with van der Waals surface area (Å²) in [6, 6.07) is 0. The smallest absolute Gasteiger partial charge is 0.0596 e. The maximum absolute atomic E-state index is 5.58. The molecule has 0 spiro atoms. The fraction of sp³-hybridized carbons (Fsp3) is 1.00. The van der Waals surface area contributed by atoms with Crippen LogP contribution in [0.15, 0.2) is 0 Å². The summed E-state index contributed by atoms with van der Waals surface area (Å²) < 4.78 is 11.1. The third kappa shape index (κ3) is 5.50. The Morgan fingerprint density at radius 3 is 2.20 bits per heavy atom. The zero-order valence-corrected chi connectivity index (χ0v) is 10.5. The van der Waals surface area contributed by atoms with E-state index >= 15 is 0 Å². The third-order valence-corrected chi connectivity index (χ3v) is 2.56. The molecule has 0 aromatic carbocycles. The molecule has 0 amide bonds. The van der Waals surface area contributed by atoms with Crippen LogP contribution in [-0.4, -0.2) is 50.0 Å². The maximum Gasteiger partial charge on any atom is 0.0596 e. The van der Waals surface area contributed by atoms with Gasteiger partial charge >= 0.3 is 0 Å². The molecule has 0 N–H and O–H groups in total. The summed E-state index contributed by atoms with van der Waals surface area (Å²) in [6.07, 6.45) is 0.717. The van der Waals surface area contributed by atoms with Crippen LogP contribution in [0.5, 0.6) is 0 Å². The van der Waals surface area contributed by atoms with Gasteiger partial charge in [0.15, 0.2) is 0 Å². The molecule has 1 saturated heterocycles. The highest BCUT2D eigenvalue weighted by Crippen LogP contribution is 2.15. The lowest BCUT2D eigenvalue weighted by Gasteiger charge is -2.39. The maximum atomic E-state index is 5.58. The van der Waals surface area contributed by atoms with Crippen molar-refractivity contribution < 1.29 is 9.47 Å². The number of likely N-dealkylation sites (tertiary alicyclic amines) is 1. The first kappa shape index (κ1) is 12.9. The van der Waals surface area contributed by atoms with Crippen LogP contribution in [0.2, 0.25) is 0 Å². The average Bonchev–Trinajstić information content (AvgIpc) is 2.06. The summed E-state index contributed by atoms with van der Waals surface area (Å²) in [6.45, 7) is 13.5. The predicted octanol–water partition coefficient (Wildman–Crippen LogP) is 1.77. The number of hydrogen-bond donors (Lipinski definition) is 0. The Bertz CT molecular complexity index is 165. The van der Waals surface area contributed by atoms with E-state index in [-0.39, 0.29) is 0 Å². The van der Waals surface area contributed by atoms with Crippen LogP contribution in [0.4, 0.5) is 0 Å². The lowest BCUT2D eigenvalue weighted by atomic mass is 10.0. The normalized spacial score (nSPS) is 18.8. The van der Waals surface area contributed by atoms with Gasteiger partial charge in [0.1, 0.15) is 0 Å². The summed E-state index contributed by atoms with van der Waals surface area (Å²) in [5.74, 6) is 0.742. The predicted molar refractivity (Wildman–Crippen MR) is 62.1 cm³/mol. The largest absolute Gasteiger partial charge is 0.378 e. The molecule has 0 radical (unpaired) electrons. The Hall–Kier alpha value is -0.120. The van der Waals surface area contributed by atoms with Gasteiger partial charge in [-0.1, -0.05) is 0 Å². The van der Waals surface area contributed by atoms with Crippen molar-refractivity contribution in [3.8, 4) is 0 Å². The van der Waals surface area contributed by atoms with Crippen LogP contribution in [-0.2, 0) is 9.47 Å². The van der Waals surface area contributed by atoms with Gasteiger partial charge in [-0.15, -0.1) is 0 Å². The van der Waals surface area contributed by atoms with Crippen LogP contribution in [0.1, 0.15) is 27.7 Å². The zero-order valence-electron chi connectivity index (χ0n) is 10.5. The lowest BCUT2D eigenvalue weighted by molar-refractivity contribution is -0.0246. The van der Waals surface area contributed by atoms with Crippen LogP contribution in [0.3, 0.4) is 0 Å². The van der Waals surface area contributed by atoms with E-state index in [1.807, 2.05) is 0 Å². The van der Waals surface area contributed by atoms with Gasteiger partial charge in [0.05, 0.1) is 25.4 Å². The van der Waals surface area contributed by atoms with Crippen LogP contribution < -0.4 is 0 Å². The summed E-state index contributed by atoms with van der Waals surface area (Å²) in [4.78, 5) is 2.43. The number of rotatable bonds is 7. The topological polar surface area (TPSA) is 21.7 Å². The van der Waals surface area contributed by atoms with Crippen LogP contribution in [0, 0.1) is 5.92 Å². The standard InChI is InChI=1S/C12H25NO2/c1-10(2)14-6-5-13-7-12(8-13)9-15-11(3)4/h10-12H,5-9H2,1-4H3. The van der Waals surface area contributed by atoms with Gasteiger partial charge in [-0.05, 0) is 27.7 Å². The highest BCUT2D eigenvalue weighted by molar-refractivity contribution is 4.79. The molecular weight excluding hydrogens is 190 g/mol. The molecule has 0 bridgehead atoms. The molecule has 15 heavy (non-hydrogen) atoms. The van der Waals surface area contributed by atoms with Crippen molar-refractivity contribution in [1.29, 1.82) is 0 Å². The molecule has 0 aliphatic carbocycles. The van der Waals surface area contributed by atoms with Crippen molar-refractivity contribution in [1.82, 2.24) is 4.90 Å². The second-order valence-electron chi connectivity index (χ2n) is 4.93. The van der Waals surface area contributed by atoms with Crippen molar-refractivity contribution in [2.45, 2.75) is 39.9 Å². The SMILES string of the molecule is CC(C)OCCN1CC(COC(C)C)C1. The summed E-state index contributed by atoms with van der Waals surface area (Å²) in [7, 11) is 0. The molecule has 0 aromatic rings. The van der Waals surface area contributed by atoms with E-state index in [0.29, 0.717) is 12.2 Å². The number of nitrogens with zero attached hydrogens (tertiary/aromatic N) is 1. The minimum absolute atomic E-state index is 0.353. The van der Waals surface area contributed by atoms with E-state index in [1.54, 1.807) is 0 Å². The van der Waals surface area contributed by atoms with Crippen LogP contribution in [0.25, 0.3) is 0 Å². The van der Waals surface area contributed by atoms with Gasteiger partial charge in [-0.25, -0.2) is 0 Å². The second kappa shape index (κ2) is 6.46. The van der Waals surface area contributed by atoms with Crippen molar-refractivity contribution in [2.24, 2.45) is 5.92 Å². The molecule has 1 aliphatic heterocycles. The molecule has 3 nitrogen and oxygen atoms in total. The number of hydrogen-bond acceptors (Lipinski definition) is 3. The van der Waals surface area contributed by atoms with Crippen molar-refractivity contribution in [3.05, 3.63) is 0 Å². The molecule has 0 atom stereocenters. The molecule has 0 saturated carbocycles. The molecule has 3 heteroatoms. The molecule has 1 rings (SSSR count). The molecule has 1 heterocycles. The Morgan fingerprint density at radius 1 is 1.07 bits per heavy atom. The first-order chi connectivity index (χ1) is 7.08. The third-order valence-electron chi connectivity index (χ3n) is 2.56.